The Bertz CT molecular complexity index is 1220. The van der Waals surface area contributed by atoms with Crippen molar-refractivity contribution < 1.29 is 4.79 Å². The number of carbonyl (C=O) groups excluding carboxylic acids is 1. The Hall–Kier alpha value is -3.42. The molecule has 1 saturated heterocycles. The fraction of sp³-hybridized carbons (Fsp3) is 0.364. The van der Waals surface area contributed by atoms with Crippen LogP contribution in [0.2, 0.25) is 0 Å². The summed E-state index contributed by atoms with van der Waals surface area (Å²) in [5.74, 6) is 1.50. The molecule has 0 aromatic carbocycles. The van der Waals surface area contributed by atoms with E-state index < -0.39 is 0 Å². The van der Waals surface area contributed by atoms with Crippen molar-refractivity contribution in [2.24, 2.45) is 0 Å². The molecule has 156 valence electrons. The van der Waals surface area contributed by atoms with Crippen molar-refractivity contribution in [3.05, 3.63) is 48.0 Å². The molecule has 0 radical (unpaired) electrons. The molecule has 0 aliphatic carbocycles. The van der Waals surface area contributed by atoms with Gasteiger partial charge in [0.1, 0.15) is 18.0 Å². The SMILES string of the molecule is CC.Cc1nn(C(C)c2cc3ccccn3c2N2CCCC2=O)c2ncnc(N)c12. The molecule has 1 aliphatic heterocycles. The zero-order valence-electron chi connectivity index (χ0n) is 17.8. The number of fused-ring (bicyclic) bond motifs is 2. The van der Waals surface area contributed by atoms with Crippen molar-refractivity contribution in [3.63, 3.8) is 0 Å². The lowest BCUT2D eigenvalue weighted by atomic mass is 10.1. The van der Waals surface area contributed by atoms with E-state index >= 15 is 0 Å². The Labute approximate surface area is 175 Å². The molecule has 0 saturated carbocycles. The number of rotatable bonds is 3. The monoisotopic (exact) mass is 405 g/mol. The average molecular weight is 406 g/mol. The maximum Gasteiger partial charge on any atom is 0.228 e. The van der Waals surface area contributed by atoms with Gasteiger partial charge in [-0.25, -0.2) is 14.6 Å². The van der Waals surface area contributed by atoms with Crippen molar-refractivity contribution >= 4 is 34.1 Å². The van der Waals surface area contributed by atoms with Crippen LogP contribution in [0, 0.1) is 6.92 Å². The number of nitrogens with zero attached hydrogens (tertiary/aromatic N) is 6. The van der Waals surface area contributed by atoms with Gasteiger partial charge >= 0.3 is 0 Å². The quantitative estimate of drug-likeness (QED) is 0.560. The summed E-state index contributed by atoms with van der Waals surface area (Å²) in [7, 11) is 0. The maximum atomic E-state index is 12.5. The van der Waals surface area contributed by atoms with E-state index in [0.717, 1.165) is 40.9 Å². The zero-order chi connectivity index (χ0) is 21.4. The minimum atomic E-state index is -0.131. The third-order valence-electron chi connectivity index (χ3n) is 5.52. The van der Waals surface area contributed by atoms with Gasteiger partial charge in [-0.05, 0) is 38.5 Å². The molecular formula is C22H27N7O. The van der Waals surface area contributed by atoms with Gasteiger partial charge in [0.15, 0.2) is 5.65 Å². The van der Waals surface area contributed by atoms with Gasteiger partial charge in [-0.1, -0.05) is 19.9 Å². The zero-order valence-corrected chi connectivity index (χ0v) is 17.8. The topological polar surface area (TPSA) is 94.3 Å². The van der Waals surface area contributed by atoms with Gasteiger partial charge in [-0.2, -0.15) is 5.10 Å². The summed E-state index contributed by atoms with van der Waals surface area (Å²) in [5, 5.41) is 5.48. The molecule has 8 heteroatoms. The second kappa shape index (κ2) is 7.78. The Kier molecular flexibility index (Phi) is 5.15. The summed E-state index contributed by atoms with van der Waals surface area (Å²) in [6.45, 7) is 8.71. The van der Waals surface area contributed by atoms with Crippen LogP contribution in [0.25, 0.3) is 16.6 Å². The molecule has 8 nitrogen and oxygen atoms in total. The van der Waals surface area contributed by atoms with Crippen molar-refractivity contribution in [2.45, 2.75) is 46.6 Å². The largest absolute Gasteiger partial charge is 0.383 e. The standard InChI is InChI=1S/C20H21N7O.C2H6/c1-12-17-18(21)22-11-23-19(17)27(24-12)13(2)15-10-14-6-3-4-8-25(14)20(15)26-9-5-7-16(26)28;1-2/h3-4,6,8,10-11,13H,5,7,9H2,1-2H3,(H2,21,22,23);1-2H3. The van der Waals surface area contributed by atoms with Crippen molar-refractivity contribution in [3.8, 4) is 0 Å². The van der Waals surface area contributed by atoms with Crippen LogP contribution in [0.15, 0.2) is 36.8 Å². The molecule has 2 N–H and O–H groups in total. The molecular weight excluding hydrogens is 378 g/mol. The number of carbonyl (C=O) groups is 1. The second-order valence-electron chi connectivity index (χ2n) is 7.23. The maximum absolute atomic E-state index is 12.5. The third-order valence-corrected chi connectivity index (χ3v) is 5.52. The predicted molar refractivity (Wildman–Crippen MR) is 119 cm³/mol. The van der Waals surface area contributed by atoms with Crippen molar-refractivity contribution in [1.29, 1.82) is 0 Å². The van der Waals surface area contributed by atoms with E-state index in [1.54, 1.807) is 0 Å². The van der Waals surface area contributed by atoms with Crippen LogP contribution in [0.3, 0.4) is 0 Å². The van der Waals surface area contributed by atoms with Crippen LogP contribution in [0.5, 0.6) is 0 Å². The van der Waals surface area contributed by atoms with E-state index in [9.17, 15) is 4.79 Å². The Morgan fingerprint density at radius 2 is 2.00 bits per heavy atom. The number of hydrogen-bond donors (Lipinski definition) is 1. The van der Waals surface area contributed by atoms with E-state index in [2.05, 4.69) is 27.4 Å². The molecule has 1 aliphatic rings. The Morgan fingerprint density at radius 3 is 2.73 bits per heavy atom. The van der Waals surface area contributed by atoms with Gasteiger partial charge in [0.05, 0.1) is 17.1 Å². The van der Waals surface area contributed by atoms with Crippen LogP contribution >= 0.6 is 0 Å². The smallest absolute Gasteiger partial charge is 0.228 e. The first kappa shape index (κ1) is 19.9. The van der Waals surface area contributed by atoms with E-state index in [-0.39, 0.29) is 11.9 Å². The highest BCUT2D eigenvalue weighted by atomic mass is 16.2. The molecule has 0 bridgehead atoms. The van der Waals surface area contributed by atoms with E-state index in [4.69, 9.17) is 10.8 Å². The Balaban J connectivity index is 0.00000106. The normalized spacial score (nSPS) is 14.9. The first-order chi connectivity index (χ1) is 14.6. The van der Waals surface area contributed by atoms with Crippen LogP contribution in [-0.4, -0.2) is 36.6 Å². The Morgan fingerprint density at radius 1 is 1.20 bits per heavy atom. The number of aromatic nitrogens is 5. The van der Waals surface area contributed by atoms with E-state index in [1.165, 1.54) is 6.33 Å². The average Bonchev–Trinajstić information content (AvgIpc) is 3.44. The molecule has 5 rings (SSSR count). The molecule has 30 heavy (non-hydrogen) atoms. The van der Waals surface area contributed by atoms with Crippen LogP contribution in [-0.2, 0) is 4.79 Å². The van der Waals surface area contributed by atoms with Gasteiger partial charge in [0, 0.05) is 30.2 Å². The molecule has 4 aromatic rings. The minimum Gasteiger partial charge on any atom is -0.383 e. The van der Waals surface area contributed by atoms with Gasteiger partial charge in [0.25, 0.3) is 0 Å². The molecule has 1 fully saturated rings. The number of anilines is 2. The fourth-order valence-electron chi connectivity index (χ4n) is 4.17. The molecule has 1 atom stereocenters. The molecule has 4 aromatic heterocycles. The van der Waals surface area contributed by atoms with Crippen LogP contribution in [0.1, 0.15) is 50.9 Å². The summed E-state index contributed by atoms with van der Waals surface area (Å²) >= 11 is 0. The minimum absolute atomic E-state index is 0.131. The van der Waals surface area contributed by atoms with Gasteiger partial charge in [0.2, 0.25) is 5.91 Å². The number of amides is 1. The summed E-state index contributed by atoms with van der Waals surface area (Å²) in [6, 6.07) is 8.02. The molecule has 5 heterocycles. The van der Waals surface area contributed by atoms with Crippen LogP contribution in [0.4, 0.5) is 11.6 Å². The highest BCUT2D eigenvalue weighted by Gasteiger charge is 2.30. The van der Waals surface area contributed by atoms with E-state index in [0.29, 0.717) is 17.9 Å². The summed E-state index contributed by atoms with van der Waals surface area (Å²) in [5.41, 5.74) is 9.62. The van der Waals surface area contributed by atoms with Crippen LogP contribution < -0.4 is 10.6 Å². The summed E-state index contributed by atoms with van der Waals surface area (Å²) < 4.78 is 3.96. The van der Waals surface area contributed by atoms with Gasteiger partial charge < -0.3 is 10.1 Å². The molecule has 0 spiro atoms. The van der Waals surface area contributed by atoms with E-state index in [1.807, 2.05) is 54.7 Å². The summed E-state index contributed by atoms with van der Waals surface area (Å²) in [4.78, 5) is 23.0. The number of nitrogens with two attached hydrogens (primary N) is 1. The number of nitrogen functional groups attached to an aromatic ring is 1. The number of pyridine rings is 1. The lowest BCUT2D eigenvalue weighted by Crippen LogP contribution is -2.27. The first-order valence-corrected chi connectivity index (χ1v) is 10.4. The van der Waals surface area contributed by atoms with Crippen molar-refractivity contribution in [2.75, 3.05) is 17.2 Å². The van der Waals surface area contributed by atoms with Gasteiger partial charge in [-0.15, -0.1) is 0 Å². The predicted octanol–water partition coefficient (Wildman–Crippen LogP) is 3.73. The number of aryl methyl sites for hydroxylation is 1. The van der Waals surface area contributed by atoms with Crippen molar-refractivity contribution in [1.82, 2.24) is 24.1 Å². The second-order valence-corrected chi connectivity index (χ2v) is 7.23. The molecule has 1 unspecified atom stereocenters. The highest BCUT2D eigenvalue weighted by Crippen LogP contribution is 2.36. The first-order valence-electron chi connectivity index (χ1n) is 10.4. The highest BCUT2D eigenvalue weighted by molar-refractivity contribution is 5.96. The summed E-state index contributed by atoms with van der Waals surface area (Å²) in [6.07, 6.45) is 4.92. The lowest BCUT2D eigenvalue weighted by molar-refractivity contribution is -0.117. The fourth-order valence-corrected chi connectivity index (χ4v) is 4.17. The van der Waals surface area contributed by atoms with Gasteiger partial charge in [-0.3, -0.25) is 9.69 Å². The number of hydrogen-bond acceptors (Lipinski definition) is 5. The molecule has 1 amide bonds. The third kappa shape index (κ3) is 2.99. The lowest BCUT2D eigenvalue weighted by Gasteiger charge is -2.21.